The van der Waals surface area contributed by atoms with Gasteiger partial charge in [-0.25, -0.2) is 4.39 Å². The fourth-order valence-electron chi connectivity index (χ4n) is 2.41. The standard InChI is InChI=1S/C12H10FNO/c1-7-6-14-10(15)5-3-8-2-4-9(13)11(7)12(8)14/h2-5,7H,6H2,1H3. The van der Waals surface area contributed by atoms with E-state index >= 15 is 0 Å². The predicted octanol–water partition coefficient (Wildman–Crippen LogP) is 2.26. The van der Waals surface area contributed by atoms with Gasteiger partial charge in [0.1, 0.15) is 5.82 Å². The molecular formula is C12H10FNO. The zero-order valence-corrected chi connectivity index (χ0v) is 8.33. The third-order valence-corrected chi connectivity index (χ3v) is 3.09. The van der Waals surface area contributed by atoms with E-state index in [-0.39, 0.29) is 17.3 Å². The Kier molecular flexibility index (Phi) is 1.55. The number of nitrogens with zero attached hydrogens (tertiary/aromatic N) is 1. The number of halogens is 1. The summed E-state index contributed by atoms with van der Waals surface area (Å²) in [5.41, 5.74) is 1.42. The van der Waals surface area contributed by atoms with Gasteiger partial charge < -0.3 is 4.57 Å². The maximum Gasteiger partial charge on any atom is 0.251 e. The van der Waals surface area contributed by atoms with Gasteiger partial charge in [-0.3, -0.25) is 4.79 Å². The van der Waals surface area contributed by atoms with Gasteiger partial charge in [0.15, 0.2) is 0 Å². The molecule has 0 amide bonds. The molecule has 15 heavy (non-hydrogen) atoms. The van der Waals surface area contributed by atoms with Crippen molar-refractivity contribution in [2.24, 2.45) is 0 Å². The molecule has 0 bridgehead atoms. The minimum Gasteiger partial charge on any atom is -0.307 e. The van der Waals surface area contributed by atoms with Crippen LogP contribution in [0.4, 0.5) is 4.39 Å². The Balaban J connectivity index is 2.59. The summed E-state index contributed by atoms with van der Waals surface area (Å²) in [5.74, 6) is -0.115. The summed E-state index contributed by atoms with van der Waals surface area (Å²) < 4.78 is 15.3. The minimum atomic E-state index is -0.202. The highest BCUT2D eigenvalue weighted by Crippen LogP contribution is 2.33. The lowest BCUT2D eigenvalue weighted by Gasteiger charge is -2.03. The zero-order valence-electron chi connectivity index (χ0n) is 8.33. The third-order valence-electron chi connectivity index (χ3n) is 3.09. The molecule has 2 aromatic rings. The van der Waals surface area contributed by atoms with E-state index in [2.05, 4.69) is 0 Å². The molecule has 2 heterocycles. The Morgan fingerprint density at radius 3 is 2.87 bits per heavy atom. The van der Waals surface area contributed by atoms with Crippen molar-refractivity contribution < 1.29 is 4.39 Å². The molecule has 3 rings (SSSR count). The van der Waals surface area contributed by atoms with E-state index in [9.17, 15) is 9.18 Å². The second kappa shape index (κ2) is 2.69. The van der Waals surface area contributed by atoms with Crippen molar-refractivity contribution in [3.63, 3.8) is 0 Å². The first-order valence-electron chi connectivity index (χ1n) is 5.00. The van der Waals surface area contributed by atoms with Crippen LogP contribution >= 0.6 is 0 Å². The van der Waals surface area contributed by atoms with Crippen molar-refractivity contribution in [1.82, 2.24) is 4.57 Å². The van der Waals surface area contributed by atoms with E-state index < -0.39 is 0 Å². The van der Waals surface area contributed by atoms with Crippen molar-refractivity contribution in [2.45, 2.75) is 19.4 Å². The second-order valence-electron chi connectivity index (χ2n) is 4.08. The quantitative estimate of drug-likeness (QED) is 0.643. The van der Waals surface area contributed by atoms with E-state index in [1.165, 1.54) is 6.07 Å². The first-order chi connectivity index (χ1) is 7.18. The minimum absolute atomic E-state index is 0.0429. The Bertz CT molecular complexity index is 615. The average molecular weight is 203 g/mol. The van der Waals surface area contributed by atoms with Gasteiger partial charge in [0.05, 0.1) is 5.52 Å². The molecule has 1 aliphatic rings. The van der Waals surface area contributed by atoms with E-state index in [1.807, 2.05) is 6.92 Å². The largest absolute Gasteiger partial charge is 0.307 e. The molecule has 76 valence electrons. The highest BCUT2D eigenvalue weighted by Gasteiger charge is 2.24. The molecule has 1 aliphatic heterocycles. The SMILES string of the molecule is CC1Cn2c(=O)ccc3ccc(F)c1c32. The highest BCUT2D eigenvalue weighted by atomic mass is 19.1. The Hall–Kier alpha value is -1.64. The van der Waals surface area contributed by atoms with Gasteiger partial charge in [-0.15, -0.1) is 0 Å². The van der Waals surface area contributed by atoms with Crippen molar-refractivity contribution in [1.29, 1.82) is 0 Å². The van der Waals surface area contributed by atoms with Crippen molar-refractivity contribution >= 4 is 10.9 Å². The van der Waals surface area contributed by atoms with E-state index in [0.29, 0.717) is 12.1 Å². The molecule has 0 spiro atoms. The summed E-state index contributed by atoms with van der Waals surface area (Å²) in [7, 11) is 0. The van der Waals surface area contributed by atoms with Crippen LogP contribution in [0.15, 0.2) is 29.1 Å². The Morgan fingerprint density at radius 2 is 2.07 bits per heavy atom. The molecule has 0 saturated carbocycles. The molecule has 1 atom stereocenters. The third kappa shape index (κ3) is 1.00. The molecule has 3 heteroatoms. The van der Waals surface area contributed by atoms with Crippen LogP contribution in [0.2, 0.25) is 0 Å². The maximum atomic E-state index is 13.6. The van der Waals surface area contributed by atoms with Crippen LogP contribution in [0.25, 0.3) is 10.9 Å². The second-order valence-corrected chi connectivity index (χ2v) is 4.08. The summed E-state index contributed by atoms with van der Waals surface area (Å²) in [5, 5.41) is 0.940. The number of hydrogen-bond donors (Lipinski definition) is 0. The summed E-state index contributed by atoms with van der Waals surface area (Å²) in [6.45, 7) is 2.54. The van der Waals surface area contributed by atoms with Gasteiger partial charge in [0.2, 0.25) is 0 Å². The lowest BCUT2D eigenvalue weighted by atomic mass is 10.0. The van der Waals surface area contributed by atoms with Gasteiger partial charge in [0.25, 0.3) is 5.56 Å². The van der Waals surface area contributed by atoms with Crippen molar-refractivity contribution in [2.75, 3.05) is 0 Å². The van der Waals surface area contributed by atoms with Gasteiger partial charge in [-0.05, 0) is 23.6 Å². The molecule has 0 saturated heterocycles. The zero-order chi connectivity index (χ0) is 10.6. The topological polar surface area (TPSA) is 22.0 Å². The molecule has 1 aromatic carbocycles. The van der Waals surface area contributed by atoms with E-state index in [4.69, 9.17) is 0 Å². The average Bonchev–Trinajstić information content (AvgIpc) is 2.56. The highest BCUT2D eigenvalue weighted by molar-refractivity contribution is 5.84. The Labute approximate surface area is 86.0 Å². The van der Waals surface area contributed by atoms with Crippen LogP contribution in [0, 0.1) is 5.82 Å². The van der Waals surface area contributed by atoms with Crippen LogP contribution in [-0.4, -0.2) is 4.57 Å². The summed E-state index contributed by atoms with van der Waals surface area (Å²) in [6, 6.07) is 6.51. The van der Waals surface area contributed by atoms with Crippen LogP contribution in [0.5, 0.6) is 0 Å². The fourth-order valence-corrected chi connectivity index (χ4v) is 2.41. The van der Waals surface area contributed by atoms with Gasteiger partial charge in [-0.2, -0.15) is 0 Å². The summed E-state index contributed by atoms with van der Waals surface area (Å²) >= 11 is 0. The molecule has 0 radical (unpaired) electrons. The summed E-state index contributed by atoms with van der Waals surface area (Å²) in [4.78, 5) is 11.6. The molecule has 0 N–H and O–H groups in total. The van der Waals surface area contributed by atoms with E-state index in [1.54, 1.807) is 22.8 Å². The molecular weight excluding hydrogens is 193 g/mol. The fraction of sp³-hybridized carbons (Fsp3) is 0.250. The lowest BCUT2D eigenvalue weighted by Crippen LogP contribution is -2.16. The monoisotopic (exact) mass is 203 g/mol. The molecule has 1 aromatic heterocycles. The van der Waals surface area contributed by atoms with Crippen LogP contribution < -0.4 is 5.56 Å². The molecule has 1 unspecified atom stereocenters. The van der Waals surface area contributed by atoms with Crippen LogP contribution in [-0.2, 0) is 6.54 Å². The van der Waals surface area contributed by atoms with Crippen molar-refractivity contribution in [3.8, 4) is 0 Å². The first-order valence-corrected chi connectivity index (χ1v) is 5.00. The van der Waals surface area contributed by atoms with Crippen LogP contribution in [0.1, 0.15) is 18.4 Å². The maximum absolute atomic E-state index is 13.6. The Morgan fingerprint density at radius 1 is 1.33 bits per heavy atom. The van der Waals surface area contributed by atoms with Crippen LogP contribution in [0.3, 0.4) is 0 Å². The molecule has 2 nitrogen and oxygen atoms in total. The smallest absolute Gasteiger partial charge is 0.251 e. The number of aromatic nitrogens is 1. The number of pyridine rings is 1. The molecule has 0 fully saturated rings. The first kappa shape index (κ1) is 8.65. The van der Waals surface area contributed by atoms with Gasteiger partial charge in [-0.1, -0.05) is 6.92 Å². The van der Waals surface area contributed by atoms with Crippen molar-refractivity contribution in [3.05, 3.63) is 46.0 Å². The number of benzene rings is 1. The predicted molar refractivity (Wildman–Crippen MR) is 56.6 cm³/mol. The lowest BCUT2D eigenvalue weighted by molar-refractivity contribution is 0.580. The molecule has 0 aliphatic carbocycles. The summed E-state index contributed by atoms with van der Waals surface area (Å²) in [6.07, 6.45) is 0. The number of hydrogen-bond acceptors (Lipinski definition) is 1. The normalized spacial score (nSPS) is 18.7. The van der Waals surface area contributed by atoms with E-state index in [0.717, 1.165) is 10.9 Å². The van der Waals surface area contributed by atoms with Gasteiger partial charge >= 0.3 is 0 Å². The van der Waals surface area contributed by atoms with Gasteiger partial charge in [0, 0.05) is 24.1 Å². The number of rotatable bonds is 0.